The second kappa shape index (κ2) is 5.57. The van der Waals surface area contributed by atoms with E-state index in [4.69, 9.17) is 0 Å². The third-order valence-electron chi connectivity index (χ3n) is 4.18. The number of nitrogens with one attached hydrogen (secondary N) is 1. The van der Waals surface area contributed by atoms with Gasteiger partial charge in [-0.3, -0.25) is 9.20 Å². The summed E-state index contributed by atoms with van der Waals surface area (Å²) < 4.78 is 1.98. The highest BCUT2D eigenvalue weighted by atomic mass is 32.1. The summed E-state index contributed by atoms with van der Waals surface area (Å²) in [6.45, 7) is 0.463. The van der Waals surface area contributed by atoms with Gasteiger partial charge in [0.05, 0.1) is 12.2 Å². The summed E-state index contributed by atoms with van der Waals surface area (Å²) in [5.74, 6) is -0.0234. The van der Waals surface area contributed by atoms with E-state index in [1.165, 1.54) is 24.0 Å². The number of benzene rings is 1. The van der Waals surface area contributed by atoms with Gasteiger partial charge in [0.15, 0.2) is 4.96 Å². The van der Waals surface area contributed by atoms with Gasteiger partial charge in [-0.25, -0.2) is 4.98 Å². The fraction of sp³-hybridized carbons (Fsp3) is 0.294. The van der Waals surface area contributed by atoms with Crippen LogP contribution in [0.15, 0.2) is 36.0 Å². The van der Waals surface area contributed by atoms with E-state index in [0.717, 1.165) is 29.1 Å². The molecule has 1 N–H and O–H groups in total. The highest BCUT2D eigenvalue weighted by molar-refractivity contribution is 7.15. The van der Waals surface area contributed by atoms with Gasteiger partial charge in [0.2, 0.25) is 0 Å². The number of carbonyl (C=O) groups excluding carboxylic acids is 1. The third-order valence-corrected chi connectivity index (χ3v) is 4.95. The fourth-order valence-electron chi connectivity index (χ4n) is 3.01. The second-order valence-corrected chi connectivity index (χ2v) is 6.57. The molecular weight excluding hydrogens is 294 g/mol. The number of hydrogen-bond acceptors (Lipinski definition) is 3. The van der Waals surface area contributed by atoms with Crippen LogP contribution >= 0.6 is 11.3 Å². The van der Waals surface area contributed by atoms with Crippen LogP contribution in [0.1, 0.15) is 40.0 Å². The molecule has 0 radical (unpaired) electrons. The lowest BCUT2D eigenvalue weighted by Gasteiger charge is -2.16. The molecule has 5 heteroatoms. The highest BCUT2D eigenvalue weighted by Crippen LogP contribution is 2.22. The van der Waals surface area contributed by atoms with E-state index in [9.17, 15) is 4.79 Å². The molecule has 112 valence electrons. The predicted octanol–water partition coefficient (Wildman–Crippen LogP) is 3.20. The zero-order valence-electron chi connectivity index (χ0n) is 12.2. The number of carbonyl (C=O) groups is 1. The van der Waals surface area contributed by atoms with E-state index in [0.29, 0.717) is 6.54 Å². The molecule has 0 saturated carbocycles. The molecular formula is C17H17N3OS. The molecule has 0 fully saturated rings. The summed E-state index contributed by atoms with van der Waals surface area (Å²) >= 11 is 1.59. The van der Waals surface area contributed by atoms with E-state index < -0.39 is 0 Å². The Morgan fingerprint density at radius 3 is 3.00 bits per heavy atom. The minimum Gasteiger partial charge on any atom is -0.346 e. The van der Waals surface area contributed by atoms with Crippen molar-refractivity contribution in [2.24, 2.45) is 0 Å². The first-order valence-electron chi connectivity index (χ1n) is 7.61. The van der Waals surface area contributed by atoms with Gasteiger partial charge in [-0.1, -0.05) is 6.07 Å². The maximum atomic E-state index is 12.3. The average Bonchev–Trinajstić information content (AvgIpc) is 3.13. The van der Waals surface area contributed by atoms with E-state index >= 15 is 0 Å². The molecule has 2 aromatic heterocycles. The maximum Gasteiger partial charge on any atom is 0.251 e. The number of hydrogen-bond donors (Lipinski definition) is 1. The lowest BCUT2D eigenvalue weighted by atomic mass is 9.90. The first kappa shape index (κ1) is 13.5. The Hall–Kier alpha value is -2.14. The first-order chi connectivity index (χ1) is 10.8. The smallest absolute Gasteiger partial charge is 0.251 e. The molecule has 4 nitrogen and oxygen atoms in total. The first-order valence-corrected chi connectivity index (χ1v) is 8.49. The molecule has 3 aromatic rings. The van der Waals surface area contributed by atoms with Crippen molar-refractivity contribution < 1.29 is 4.79 Å². The van der Waals surface area contributed by atoms with E-state index in [1.807, 2.05) is 28.2 Å². The molecule has 4 rings (SSSR count). The third kappa shape index (κ3) is 2.52. The monoisotopic (exact) mass is 311 g/mol. The van der Waals surface area contributed by atoms with Gasteiger partial charge in [-0.2, -0.15) is 0 Å². The number of fused-ring (bicyclic) bond motifs is 2. The van der Waals surface area contributed by atoms with Gasteiger partial charge in [-0.05, 0) is 48.9 Å². The van der Waals surface area contributed by atoms with Crippen LogP contribution in [0.5, 0.6) is 0 Å². The summed E-state index contributed by atoms with van der Waals surface area (Å²) in [5.41, 5.74) is 4.37. The van der Waals surface area contributed by atoms with Gasteiger partial charge in [0.1, 0.15) is 0 Å². The van der Waals surface area contributed by atoms with Crippen molar-refractivity contribution in [2.75, 3.05) is 0 Å². The van der Waals surface area contributed by atoms with Crippen molar-refractivity contribution in [3.05, 3.63) is 58.4 Å². The van der Waals surface area contributed by atoms with Crippen molar-refractivity contribution >= 4 is 22.2 Å². The summed E-state index contributed by atoms with van der Waals surface area (Å²) in [5, 5.41) is 4.96. The Bertz CT molecular complexity index is 805. The molecule has 1 aromatic carbocycles. The van der Waals surface area contributed by atoms with Crippen LogP contribution in [0.25, 0.3) is 4.96 Å². The Morgan fingerprint density at radius 1 is 1.27 bits per heavy atom. The summed E-state index contributed by atoms with van der Waals surface area (Å²) in [7, 11) is 0. The largest absolute Gasteiger partial charge is 0.346 e. The zero-order chi connectivity index (χ0) is 14.9. The van der Waals surface area contributed by atoms with E-state index in [-0.39, 0.29) is 5.91 Å². The van der Waals surface area contributed by atoms with Gasteiger partial charge in [0, 0.05) is 23.3 Å². The standard InChI is InChI=1S/C17H17N3OS/c21-16(14-6-5-12-3-1-2-4-13(12)9-14)18-10-15-11-20-7-8-22-17(20)19-15/h5-9,11H,1-4,10H2,(H,18,21). The number of aromatic nitrogens is 2. The predicted molar refractivity (Wildman–Crippen MR) is 87.3 cm³/mol. The Morgan fingerprint density at radius 2 is 2.14 bits per heavy atom. The second-order valence-electron chi connectivity index (χ2n) is 5.70. The number of nitrogens with zero attached hydrogens (tertiary/aromatic N) is 2. The van der Waals surface area contributed by atoms with Crippen LogP contribution < -0.4 is 5.32 Å². The molecule has 0 unspecified atom stereocenters. The van der Waals surface area contributed by atoms with Crippen molar-refractivity contribution in [3.63, 3.8) is 0 Å². The van der Waals surface area contributed by atoms with Crippen LogP contribution in [0.2, 0.25) is 0 Å². The van der Waals surface area contributed by atoms with Crippen LogP contribution in [-0.4, -0.2) is 15.3 Å². The van der Waals surface area contributed by atoms with Crippen molar-refractivity contribution in [2.45, 2.75) is 32.2 Å². The number of rotatable bonds is 3. The van der Waals surface area contributed by atoms with Crippen molar-refractivity contribution in [3.8, 4) is 0 Å². The minimum absolute atomic E-state index is 0.0234. The summed E-state index contributed by atoms with van der Waals surface area (Å²) in [6, 6.07) is 6.09. The van der Waals surface area contributed by atoms with Crippen LogP contribution in [-0.2, 0) is 19.4 Å². The van der Waals surface area contributed by atoms with Gasteiger partial charge in [0.25, 0.3) is 5.91 Å². The molecule has 1 aliphatic rings. The van der Waals surface area contributed by atoms with Gasteiger partial charge in [-0.15, -0.1) is 11.3 Å². The van der Waals surface area contributed by atoms with E-state index in [1.54, 1.807) is 11.3 Å². The van der Waals surface area contributed by atoms with E-state index in [2.05, 4.69) is 22.4 Å². The number of aryl methyl sites for hydroxylation is 2. The number of thiazole rings is 1. The van der Waals surface area contributed by atoms with Gasteiger partial charge >= 0.3 is 0 Å². The normalized spacial score (nSPS) is 14.0. The SMILES string of the molecule is O=C(NCc1cn2ccsc2n1)c1ccc2c(c1)CCCC2. The lowest BCUT2D eigenvalue weighted by Crippen LogP contribution is -2.23. The lowest BCUT2D eigenvalue weighted by molar-refractivity contribution is 0.0950. The Balaban J connectivity index is 1.46. The topological polar surface area (TPSA) is 46.4 Å². The molecule has 0 atom stereocenters. The molecule has 0 aliphatic heterocycles. The Labute approximate surface area is 132 Å². The zero-order valence-corrected chi connectivity index (χ0v) is 13.0. The van der Waals surface area contributed by atoms with Crippen molar-refractivity contribution in [1.29, 1.82) is 0 Å². The highest BCUT2D eigenvalue weighted by Gasteiger charge is 2.13. The molecule has 0 saturated heterocycles. The molecule has 1 amide bonds. The maximum absolute atomic E-state index is 12.3. The number of imidazole rings is 1. The molecule has 0 bridgehead atoms. The van der Waals surface area contributed by atoms with Gasteiger partial charge < -0.3 is 5.32 Å². The number of amides is 1. The molecule has 22 heavy (non-hydrogen) atoms. The minimum atomic E-state index is -0.0234. The van der Waals surface area contributed by atoms with Crippen LogP contribution in [0.4, 0.5) is 0 Å². The summed E-state index contributed by atoms with van der Waals surface area (Å²) in [4.78, 5) is 17.7. The fourth-order valence-corrected chi connectivity index (χ4v) is 3.73. The average molecular weight is 311 g/mol. The molecule has 2 heterocycles. The molecule has 1 aliphatic carbocycles. The summed E-state index contributed by atoms with van der Waals surface area (Å²) in [6.07, 6.45) is 8.65. The van der Waals surface area contributed by atoms with Crippen molar-refractivity contribution in [1.82, 2.24) is 14.7 Å². The molecule has 0 spiro atoms. The van der Waals surface area contributed by atoms with Crippen LogP contribution in [0.3, 0.4) is 0 Å². The quantitative estimate of drug-likeness (QED) is 0.807. The Kier molecular flexibility index (Phi) is 3.42. The van der Waals surface area contributed by atoms with Crippen LogP contribution in [0, 0.1) is 0 Å².